The Morgan fingerprint density at radius 3 is 2.61 bits per heavy atom. The van der Waals surface area contributed by atoms with Gasteiger partial charge in [-0.05, 0) is 0 Å². The Balaban J connectivity index is 2.78. The fraction of sp³-hybridized carbons (Fsp3) is 0.636. The molecule has 0 aromatic carbocycles. The van der Waals surface area contributed by atoms with Gasteiger partial charge >= 0.3 is 0 Å². The third-order valence-electron chi connectivity index (χ3n) is 2.29. The highest BCUT2D eigenvalue weighted by atomic mass is 32.1. The van der Waals surface area contributed by atoms with Crippen molar-refractivity contribution >= 4 is 17.2 Å². The molecule has 0 fully saturated rings. The van der Waals surface area contributed by atoms with Crippen molar-refractivity contribution in [2.45, 2.75) is 32.1 Å². The molecule has 1 aromatic rings. The Morgan fingerprint density at radius 2 is 2.11 bits per heavy atom. The van der Waals surface area contributed by atoms with Gasteiger partial charge in [0.25, 0.3) is 11.8 Å². The van der Waals surface area contributed by atoms with Crippen LogP contribution in [0.2, 0.25) is 0 Å². The summed E-state index contributed by atoms with van der Waals surface area (Å²) in [6, 6.07) is 0. The molecule has 0 saturated carbocycles. The van der Waals surface area contributed by atoms with Gasteiger partial charge in [0.15, 0.2) is 0 Å². The Morgan fingerprint density at radius 1 is 1.50 bits per heavy atom. The van der Waals surface area contributed by atoms with E-state index in [0.717, 1.165) is 11.3 Å². The molecule has 0 unspecified atom stereocenters. The van der Waals surface area contributed by atoms with Crippen molar-refractivity contribution in [2.24, 2.45) is 5.73 Å². The van der Waals surface area contributed by atoms with Crippen LogP contribution in [-0.4, -0.2) is 29.9 Å². The molecule has 0 aliphatic rings. The molecule has 7 heteroatoms. The molecule has 1 aromatic heterocycles. The van der Waals surface area contributed by atoms with Crippen molar-refractivity contribution in [3.8, 4) is 0 Å². The van der Waals surface area contributed by atoms with Crippen LogP contribution in [0, 0.1) is 0 Å². The van der Waals surface area contributed by atoms with Crippen molar-refractivity contribution in [3.05, 3.63) is 16.1 Å². The first-order valence-corrected chi connectivity index (χ1v) is 6.35. The van der Waals surface area contributed by atoms with Gasteiger partial charge in [0, 0.05) is 5.41 Å². The summed E-state index contributed by atoms with van der Waals surface area (Å²) < 4.78 is 25.9. The van der Waals surface area contributed by atoms with Gasteiger partial charge in [-0.25, -0.2) is 13.8 Å². The van der Waals surface area contributed by atoms with Crippen LogP contribution in [0.1, 0.15) is 36.1 Å². The molecule has 1 amide bonds. The van der Waals surface area contributed by atoms with Gasteiger partial charge in [-0.2, -0.15) is 0 Å². The zero-order valence-corrected chi connectivity index (χ0v) is 11.4. The quantitative estimate of drug-likeness (QED) is 0.881. The van der Waals surface area contributed by atoms with Crippen molar-refractivity contribution < 1.29 is 13.6 Å². The Kier molecular flexibility index (Phi) is 4.39. The summed E-state index contributed by atoms with van der Waals surface area (Å²) in [6.07, 6.45) is 0. The monoisotopic (exact) mass is 277 g/mol. The van der Waals surface area contributed by atoms with E-state index in [1.165, 1.54) is 5.51 Å². The van der Waals surface area contributed by atoms with Gasteiger partial charge < -0.3 is 11.1 Å². The molecule has 1 rings (SSSR count). The van der Waals surface area contributed by atoms with Gasteiger partial charge in [0.05, 0.1) is 24.3 Å². The van der Waals surface area contributed by atoms with Gasteiger partial charge in [-0.1, -0.05) is 20.8 Å². The van der Waals surface area contributed by atoms with Crippen molar-refractivity contribution in [1.29, 1.82) is 0 Å². The smallest absolute Gasteiger partial charge is 0.277 e. The van der Waals surface area contributed by atoms with E-state index in [0.29, 0.717) is 10.6 Å². The Hall–Kier alpha value is -1.08. The van der Waals surface area contributed by atoms with Crippen LogP contribution in [-0.2, 0) is 5.41 Å². The Bertz CT molecular complexity index is 426. The minimum absolute atomic E-state index is 0.303. The summed E-state index contributed by atoms with van der Waals surface area (Å²) in [7, 11) is 0. The number of hydrogen-bond acceptors (Lipinski definition) is 4. The number of nitrogens with zero attached hydrogens (tertiary/aromatic N) is 1. The predicted molar refractivity (Wildman–Crippen MR) is 67.1 cm³/mol. The highest BCUT2D eigenvalue weighted by Crippen LogP contribution is 2.27. The first-order valence-electron chi connectivity index (χ1n) is 5.47. The van der Waals surface area contributed by atoms with E-state index in [4.69, 9.17) is 5.73 Å². The predicted octanol–water partition coefficient (Wildman–Crippen LogP) is 1.76. The molecule has 102 valence electrons. The van der Waals surface area contributed by atoms with E-state index in [-0.39, 0.29) is 5.41 Å². The SMILES string of the molecule is CC(C)(C)c1ncsc1C(=O)NCC(F)(F)CN. The summed E-state index contributed by atoms with van der Waals surface area (Å²) in [4.78, 5) is 16.3. The number of thiazole rings is 1. The summed E-state index contributed by atoms with van der Waals surface area (Å²) in [5, 5.41) is 2.19. The number of nitrogens with two attached hydrogens (primary N) is 1. The second kappa shape index (κ2) is 5.27. The van der Waals surface area contributed by atoms with Gasteiger partial charge in [-0.3, -0.25) is 4.79 Å². The molecular weight excluding hydrogens is 260 g/mol. The van der Waals surface area contributed by atoms with Gasteiger partial charge in [0.1, 0.15) is 4.88 Å². The minimum atomic E-state index is -3.08. The average Bonchev–Trinajstić information content (AvgIpc) is 2.74. The zero-order chi connectivity index (χ0) is 14.0. The van der Waals surface area contributed by atoms with Crippen LogP contribution >= 0.6 is 11.3 Å². The number of alkyl halides is 2. The van der Waals surface area contributed by atoms with E-state index in [9.17, 15) is 13.6 Å². The first kappa shape index (κ1) is 15.0. The lowest BCUT2D eigenvalue weighted by Crippen LogP contribution is -2.41. The molecule has 0 bridgehead atoms. The third kappa shape index (κ3) is 3.71. The van der Waals surface area contributed by atoms with Crippen LogP contribution in [0.5, 0.6) is 0 Å². The maximum atomic E-state index is 12.9. The van der Waals surface area contributed by atoms with E-state index >= 15 is 0 Å². The van der Waals surface area contributed by atoms with Crippen molar-refractivity contribution in [2.75, 3.05) is 13.1 Å². The highest BCUT2D eigenvalue weighted by Gasteiger charge is 2.29. The van der Waals surface area contributed by atoms with Crippen LogP contribution in [0.4, 0.5) is 8.78 Å². The highest BCUT2D eigenvalue weighted by molar-refractivity contribution is 7.11. The summed E-state index contributed by atoms with van der Waals surface area (Å²) in [6.45, 7) is 4.18. The number of carbonyl (C=O) groups excluding carboxylic acids is 1. The number of hydrogen-bond donors (Lipinski definition) is 2. The molecule has 4 nitrogen and oxygen atoms in total. The van der Waals surface area contributed by atoms with E-state index in [1.54, 1.807) is 0 Å². The van der Waals surface area contributed by atoms with E-state index in [1.807, 2.05) is 20.8 Å². The lowest BCUT2D eigenvalue weighted by molar-refractivity contribution is 0.0119. The van der Waals surface area contributed by atoms with Crippen molar-refractivity contribution in [1.82, 2.24) is 10.3 Å². The van der Waals surface area contributed by atoms with Gasteiger partial charge in [-0.15, -0.1) is 11.3 Å². The van der Waals surface area contributed by atoms with E-state index in [2.05, 4.69) is 10.3 Å². The number of amides is 1. The largest absolute Gasteiger partial charge is 0.345 e. The van der Waals surface area contributed by atoms with Crippen molar-refractivity contribution in [3.63, 3.8) is 0 Å². The second-order valence-corrected chi connectivity index (χ2v) is 5.88. The number of aromatic nitrogens is 1. The molecule has 0 aliphatic carbocycles. The molecule has 3 N–H and O–H groups in total. The lowest BCUT2D eigenvalue weighted by atomic mass is 9.91. The second-order valence-electron chi connectivity index (χ2n) is 5.02. The molecular formula is C11H17F2N3OS. The van der Waals surface area contributed by atoms with Gasteiger partial charge in [0.2, 0.25) is 0 Å². The summed E-state index contributed by atoms with van der Waals surface area (Å²) >= 11 is 1.14. The standard InChI is InChI=1S/C11H17F2N3OS/c1-10(2,3)8-7(18-6-16-8)9(17)15-5-11(12,13)4-14/h6H,4-5,14H2,1-3H3,(H,15,17). The maximum absolute atomic E-state index is 12.9. The molecule has 0 spiro atoms. The number of rotatable bonds is 4. The molecule has 18 heavy (non-hydrogen) atoms. The fourth-order valence-corrected chi connectivity index (χ4v) is 2.22. The number of carbonyl (C=O) groups is 1. The summed E-state index contributed by atoms with van der Waals surface area (Å²) in [5.74, 6) is -3.61. The number of nitrogens with one attached hydrogen (secondary N) is 1. The van der Waals surface area contributed by atoms with E-state index < -0.39 is 24.9 Å². The third-order valence-corrected chi connectivity index (χ3v) is 3.12. The first-order chi connectivity index (χ1) is 8.17. The summed E-state index contributed by atoms with van der Waals surface area (Å²) in [5.41, 5.74) is 6.75. The molecule has 0 radical (unpaired) electrons. The molecule has 1 heterocycles. The average molecular weight is 277 g/mol. The molecule has 0 saturated heterocycles. The maximum Gasteiger partial charge on any atom is 0.277 e. The lowest BCUT2D eigenvalue weighted by Gasteiger charge is -2.18. The normalized spacial score (nSPS) is 12.6. The molecule has 0 atom stereocenters. The topological polar surface area (TPSA) is 68.0 Å². The van der Waals surface area contributed by atoms with Crippen LogP contribution in [0.3, 0.4) is 0 Å². The van der Waals surface area contributed by atoms with Crippen LogP contribution in [0.15, 0.2) is 5.51 Å². The zero-order valence-electron chi connectivity index (χ0n) is 10.6. The Labute approximate surface area is 109 Å². The fourth-order valence-electron chi connectivity index (χ4n) is 1.30. The van der Waals surface area contributed by atoms with Crippen LogP contribution in [0.25, 0.3) is 0 Å². The molecule has 0 aliphatic heterocycles. The minimum Gasteiger partial charge on any atom is -0.345 e. The van der Waals surface area contributed by atoms with Crippen LogP contribution < -0.4 is 11.1 Å². The number of halogens is 2.